The number of amides is 3. The monoisotopic (exact) mass is 311 g/mol. The highest BCUT2D eigenvalue weighted by Crippen LogP contribution is 2.16. The fraction of sp³-hybridized carbons (Fsp3) is 0.467. The van der Waals surface area contributed by atoms with E-state index in [1.54, 1.807) is 6.07 Å². The van der Waals surface area contributed by atoms with Crippen LogP contribution < -0.4 is 16.0 Å². The van der Waals surface area contributed by atoms with Gasteiger partial charge in [0.05, 0.1) is 6.54 Å². The molecule has 0 aromatic heterocycles. The fourth-order valence-electron chi connectivity index (χ4n) is 1.73. The first-order valence-electron chi connectivity index (χ1n) is 7.09. The van der Waals surface area contributed by atoms with E-state index in [9.17, 15) is 9.59 Å². The number of urea groups is 1. The van der Waals surface area contributed by atoms with E-state index in [1.165, 1.54) is 0 Å². The molecule has 5 nitrogen and oxygen atoms in total. The first kappa shape index (κ1) is 17.5. The van der Waals surface area contributed by atoms with Gasteiger partial charge in [-0.15, -0.1) is 0 Å². The molecule has 1 atom stereocenters. The van der Waals surface area contributed by atoms with Crippen LogP contribution in [0.1, 0.15) is 38.3 Å². The van der Waals surface area contributed by atoms with Gasteiger partial charge in [-0.25, -0.2) is 4.79 Å². The first-order chi connectivity index (χ1) is 10.0. The minimum Gasteiger partial charge on any atom is -0.338 e. The van der Waals surface area contributed by atoms with Crippen LogP contribution in [0.4, 0.5) is 4.79 Å². The molecule has 0 aliphatic rings. The van der Waals surface area contributed by atoms with Crippen molar-refractivity contribution < 1.29 is 9.59 Å². The van der Waals surface area contributed by atoms with E-state index in [0.29, 0.717) is 11.6 Å². The molecule has 1 rings (SSSR count). The second-order valence-corrected chi connectivity index (χ2v) is 5.25. The summed E-state index contributed by atoms with van der Waals surface area (Å²) in [7, 11) is 0. The van der Waals surface area contributed by atoms with Crippen LogP contribution in [0.15, 0.2) is 24.3 Å². The zero-order valence-electron chi connectivity index (χ0n) is 12.4. The number of halogens is 1. The van der Waals surface area contributed by atoms with Gasteiger partial charge in [0.15, 0.2) is 0 Å². The van der Waals surface area contributed by atoms with E-state index in [2.05, 4.69) is 16.0 Å². The van der Waals surface area contributed by atoms with E-state index in [1.807, 2.05) is 32.0 Å². The van der Waals surface area contributed by atoms with Crippen molar-refractivity contribution in [3.63, 3.8) is 0 Å². The summed E-state index contributed by atoms with van der Waals surface area (Å²) >= 11 is 5.92. The van der Waals surface area contributed by atoms with E-state index in [4.69, 9.17) is 11.6 Å². The Hall–Kier alpha value is -1.59. The summed E-state index contributed by atoms with van der Waals surface area (Å²) in [5, 5.41) is 8.61. The smallest absolute Gasteiger partial charge is 0.321 e. The summed E-state index contributed by atoms with van der Waals surface area (Å²) in [4.78, 5) is 23.0. The highest BCUT2D eigenvalue weighted by molar-refractivity contribution is 6.30. The summed E-state index contributed by atoms with van der Waals surface area (Å²) in [6, 6.07) is 6.94. The van der Waals surface area contributed by atoms with Gasteiger partial charge in [0.2, 0.25) is 5.91 Å². The molecule has 1 aromatic rings. The molecule has 0 saturated heterocycles. The van der Waals surface area contributed by atoms with Gasteiger partial charge in [-0.1, -0.05) is 37.1 Å². The van der Waals surface area contributed by atoms with E-state index < -0.39 is 6.03 Å². The molecular weight excluding hydrogens is 290 g/mol. The van der Waals surface area contributed by atoms with Crippen LogP contribution in [-0.4, -0.2) is 25.0 Å². The molecule has 0 unspecified atom stereocenters. The van der Waals surface area contributed by atoms with Gasteiger partial charge in [0, 0.05) is 17.6 Å². The molecule has 0 radical (unpaired) electrons. The van der Waals surface area contributed by atoms with Crippen LogP contribution in [0.3, 0.4) is 0 Å². The van der Waals surface area contributed by atoms with E-state index in [-0.39, 0.29) is 18.5 Å². The lowest BCUT2D eigenvalue weighted by Crippen LogP contribution is -2.44. The maximum Gasteiger partial charge on any atom is 0.321 e. The van der Waals surface area contributed by atoms with Gasteiger partial charge in [-0.3, -0.25) is 10.1 Å². The third-order valence-corrected chi connectivity index (χ3v) is 3.22. The van der Waals surface area contributed by atoms with E-state index in [0.717, 1.165) is 18.4 Å². The van der Waals surface area contributed by atoms with Crippen molar-refractivity contribution in [3.8, 4) is 0 Å². The quantitative estimate of drug-likeness (QED) is 0.678. The summed E-state index contributed by atoms with van der Waals surface area (Å²) in [5.74, 6) is -0.363. The van der Waals surface area contributed by atoms with Crippen molar-refractivity contribution in [2.75, 3.05) is 13.1 Å². The maximum atomic E-state index is 11.6. The average molecular weight is 312 g/mol. The van der Waals surface area contributed by atoms with Crippen molar-refractivity contribution >= 4 is 23.5 Å². The molecule has 3 amide bonds. The Labute approximate surface area is 130 Å². The SMILES string of the molecule is CCCCNC(=O)NC(=O)CN[C@H](C)c1cccc(Cl)c1. The number of rotatable bonds is 7. The minimum absolute atomic E-state index is 0.0300. The third kappa shape index (κ3) is 7.11. The zero-order valence-corrected chi connectivity index (χ0v) is 13.2. The molecule has 0 saturated carbocycles. The molecule has 0 spiro atoms. The molecule has 6 heteroatoms. The lowest BCUT2D eigenvalue weighted by molar-refractivity contribution is -0.119. The lowest BCUT2D eigenvalue weighted by atomic mass is 10.1. The van der Waals surface area contributed by atoms with Crippen molar-refractivity contribution in [1.29, 1.82) is 0 Å². The fourth-order valence-corrected chi connectivity index (χ4v) is 1.93. The Bertz CT molecular complexity index is 480. The van der Waals surface area contributed by atoms with Gasteiger partial charge in [-0.05, 0) is 31.0 Å². The van der Waals surface area contributed by atoms with Crippen LogP contribution >= 0.6 is 11.6 Å². The summed E-state index contributed by atoms with van der Waals surface area (Å²) in [6.45, 7) is 4.60. The lowest BCUT2D eigenvalue weighted by Gasteiger charge is -2.14. The van der Waals surface area contributed by atoms with Gasteiger partial charge >= 0.3 is 6.03 Å². The number of carbonyl (C=O) groups excluding carboxylic acids is 2. The highest BCUT2D eigenvalue weighted by Gasteiger charge is 2.10. The standard InChI is InChI=1S/C15H22ClN3O2/c1-3-4-8-17-15(21)19-14(20)10-18-11(2)12-6-5-7-13(16)9-12/h5-7,9,11,18H,3-4,8,10H2,1-2H3,(H2,17,19,20,21)/t11-/m1/s1. The van der Waals surface area contributed by atoms with Gasteiger partial charge < -0.3 is 10.6 Å². The number of unbranched alkanes of at least 4 members (excludes halogenated alkanes) is 1. The molecule has 0 aliphatic heterocycles. The highest BCUT2D eigenvalue weighted by atomic mass is 35.5. The molecule has 0 heterocycles. The largest absolute Gasteiger partial charge is 0.338 e. The second-order valence-electron chi connectivity index (χ2n) is 4.82. The Morgan fingerprint density at radius 3 is 2.76 bits per heavy atom. The molecule has 21 heavy (non-hydrogen) atoms. The Balaban J connectivity index is 2.30. The van der Waals surface area contributed by atoms with Crippen molar-refractivity contribution in [2.24, 2.45) is 0 Å². The number of hydrogen-bond donors (Lipinski definition) is 3. The summed E-state index contributed by atoms with van der Waals surface area (Å²) in [5.41, 5.74) is 0.989. The third-order valence-electron chi connectivity index (χ3n) is 2.99. The molecule has 1 aromatic carbocycles. The molecule has 0 bridgehead atoms. The minimum atomic E-state index is -0.453. The van der Waals surface area contributed by atoms with Gasteiger partial charge in [-0.2, -0.15) is 0 Å². The number of imide groups is 1. The predicted molar refractivity (Wildman–Crippen MR) is 84.3 cm³/mol. The zero-order chi connectivity index (χ0) is 15.7. The molecular formula is C15H22ClN3O2. The maximum absolute atomic E-state index is 11.6. The Morgan fingerprint density at radius 2 is 2.10 bits per heavy atom. The summed E-state index contributed by atoms with van der Waals surface area (Å²) < 4.78 is 0. The number of hydrogen-bond acceptors (Lipinski definition) is 3. The second kappa shape index (κ2) is 9.37. The first-order valence-corrected chi connectivity index (χ1v) is 7.47. The number of carbonyl (C=O) groups is 2. The van der Waals surface area contributed by atoms with Crippen molar-refractivity contribution in [3.05, 3.63) is 34.9 Å². The number of benzene rings is 1. The topological polar surface area (TPSA) is 70.2 Å². The average Bonchev–Trinajstić information content (AvgIpc) is 2.45. The van der Waals surface area contributed by atoms with E-state index >= 15 is 0 Å². The van der Waals surface area contributed by atoms with Crippen LogP contribution in [-0.2, 0) is 4.79 Å². The predicted octanol–water partition coefficient (Wildman–Crippen LogP) is 2.62. The van der Waals surface area contributed by atoms with Crippen LogP contribution in [0.5, 0.6) is 0 Å². The van der Waals surface area contributed by atoms with Crippen molar-refractivity contribution in [1.82, 2.24) is 16.0 Å². The van der Waals surface area contributed by atoms with Crippen LogP contribution in [0.25, 0.3) is 0 Å². The number of nitrogens with one attached hydrogen (secondary N) is 3. The van der Waals surface area contributed by atoms with Crippen LogP contribution in [0.2, 0.25) is 5.02 Å². The molecule has 0 aliphatic carbocycles. The van der Waals surface area contributed by atoms with Crippen molar-refractivity contribution in [2.45, 2.75) is 32.7 Å². The van der Waals surface area contributed by atoms with Crippen LogP contribution in [0, 0.1) is 0 Å². The molecule has 0 fully saturated rings. The van der Waals surface area contributed by atoms with Gasteiger partial charge in [0.25, 0.3) is 0 Å². The summed E-state index contributed by atoms with van der Waals surface area (Å²) in [6.07, 6.45) is 1.89. The Morgan fingerprint density at radius 1 is 1.33 bits per heavy atom. The molecule has 3 N–H and O–H groups in total. The Kier molecular flexibility index (Phi) is 7.79. The van der Waals surface area contributed by atoms with Gasteiger partial charge in [0.1, 0.15) is 0 Å². The normalized spacial score (nSPS) is 11.8. The molecule has 116 valence electrons.